The molecule has 0 atom stereocenters. The minimum absolute atomic E-state index is 0.232. The Bertz CT molecular complexity index is 1100. The van der Waals surface area contributed by atoms with Crippen molar-refractivity contribution in [1.82, 2.24) is 24.7 Å². The van der Waals surface area contributed by atoms with E-state index in [-0.39, 0.29) is 5.91 Å². The van der Waals surface area contributed by atoms with Crippen LogP contribution in [0.15, 0.2) is 36.5 Å². The first-order valence-corrected chi connectivity index (χ1v) is 8.84. The molecule has 0 unspecified atom stereocenters. The standard InChI is InChI=1S/C18H15Cl2N5O/c1-10-16(25-9-11(19)8-12(20)17(25)22-10)18(26)21-7-6-15-23-13-4-2-3-5-14(13)24-15/h2-5,8-9H,6-7H2,1H3,(H,21,26)(H,23,24). The second-order valence-corrected chi connectivity index (χ2v) is 6.80. The second-order valence-electron chi connectivity index (χ2n) is 5.95. The number of hydrogen-bond acceptors (Lipinski definition) is 3. The van der Waals surface area contributed by atoms with Crippen molar-refractivity contribution in [3.8, 4) is 0 Å². The van der Waals surface area contributed by atoms with E-state index in [1.807, 2.05) is 24.3 Å². The predicted octanol–water partition coefficient (Wildman–Crippen LogP) is 3.80. The lowest BCUT2D eigenvalue weighted by molar-refractivity contribution is 0.0947. The van der Waals surface area contributed by atoms with Crippen molar-refractivity contribution in [1.29, 1.82) is 0 Å². The van der Waals surface area contributed by atoms with Crippen molar-refractivity contribution in [3.05, 3.63) is 63.8 Å². The molecule has 0 spiro atoms. The van der Waals surface area contributed by atoms with E-state index in [0.717, 1.165) is 16.9 Å². The van der Waals surface area contributed by atoms with Crippen molar-refractivity contribution >= 4 is 45.8 Å². The lowest BCUT2D eigenvalue weighted by Gasteiger charge is -2.06. The summed E-state index contributed by atoms with van der Waals surface area (Å²) in [7, 11) is 0. The minimum Gasteiger partial charge on any atom is -0.350 e. The number of halogens is 2. The van der Waals surface area contributed by atoms with Gasteiger partial charge < -0.3 is 10.3 Å². The maximum absolute atomic E-state index is 12.6. The van der Waals surface area contributed by atoms with Gasteiger partial charge in [0.25, 0.3) is 5.91 Å². The fourth-order valence-corrected chi connectivity index (χ4v) is 3.48. The Morgan fingerprint density at radius 3 is 2.88 bits per heavy atom. The van der Waals surface area contributed by atoms with Gasteiger partial charge in [-0.25, -0.2) is 9.97 Å². The van der Waals surface area contributed by atoms with Gasteiger partial charge in [-0.15, -0.1) is 0 Å². The number of amides is 1. The largest absolute Gasteiger partial charge is 0.350 e. The van der Waals surface area contributed by atoms with Crippen LogP contribution in [0.25, 0.3) is 16.7 Å². The average Bonchev–Trinajstić information content (AvgIpc) is 3.15. The van der Waals surface area contributed by atoms with E-state index in [1.165, 1.54) is 0 Å². The van der Waals surface area contributed by atoms with Crippen LogP contribution in [0.1, 0.15) is 22.0 Å². The van der Waals surface area contributed by atoms with E-state index < -0.39 is 0 Å². The molecule has 2 N–H and O–H groups in total. The number of aromatic amines is 1. The van der Waals surface area contributed by atoms with Crippen molar-refractivity contribution in [2.75, 3.05) is 6.54 Å². The summed E-state index contributed by atoms with van der Waals surface area (Å²) in [4.78, 5) is 24.7. The Kier molecular flexibility index (Phi) is 4.30. The number of carbonyl (C=O) groups is 1. The first kappa shape index (κ1) is 16.9. The number of benzene rings is 1. The van der Waals surface area contributed by atoms with Gasteiger partial charge in [0.05, 0.1) is 26.8 Å². The highest BCUT2D eigenvalue weighted by atomic mass is 35.5. The lowest BCUT2D eigenvalue weighted by Crippen LogP contribution is -2.27. The number of aryl methyl sites for hydroxylation is 1. The number of nitrogens with zero attached hydrogens (tertiary/aromatic N) is 3. The van der Waals surface area contributed by atoms with E-state index in [4.69, 9.17) is 23.2 Å². The molecule has 3 heterocycles. The smallest absolute Gasteiger partial charge is 0.270 e. The van der Waals surface area contributed by atoms with Crippen molar-refractivity contribution in [3.63, 3.8) is 0 Å². The molecule has 4 rings (SSSR count). The van der Waals surface area contributed by atoms with Gasteiger partial charge in [-0.1, -0.05) is 35.3 Å². The third-order valence-electron chi connectivity index (χ3n) is 4.12. The summed E-state index contributed by atoms with van der Waals surface area (Å²) in [6, 6.07) is 9.42. The van der Waals surface area contributed by atoms with Crippen molar-refractivity contribution < 1.29 is 4.79 Å². The van der Waals surface area contributed by atoms with Crippen LogP contribution in [-0.4, -0.2) is 31.8 Å². The lowest BCUT2D eigenvalue weighted by atomic mass is 10.3. The Morgan fingerprint density at radius 2 is 2.08 bits per heavy atom. The molecule has 6 nitrogen and oxygen atoms in total. The number of rotatable bonds is 4. The molecule has 1 amide bonds. The Balaban J connectivity index is 1.51. The molecule has 132 valence electrons. The van der Waals surface area contributed by atoms with Gasteiger partial charge in [0, 0.05) is 19.2 Å². The molecular formula is C18H15Cl2N5O. The second kappa shape index (κ2) is 6.63. The minimum atomic E-state index is -0.232. The molecule has 0 bridgehead atoms. The Hall–Kier alpha value is -2.57. The van der Waals surface area contributed by atoms with Gasteiger partial charge in [-0.3, -0.25) is 9.20 Å². The number of aromatic nitrogens is 4. The van der Waals surface area contributed by atoms with Crippen LogP contribution in [-0.2, 0) is 6.42 Å². The van der Waals surface area contributed by atoms with Gasteiger partial charge in [0.2, 0.25) is 0 Å². The maximum Gasteiger partial charge on any atom is 0.270 e. The molecule has 0 aliphatic rings. The number of nitrogens with one attached hydrogen (secondary N) is 2. The fraction of sp³-hybridized carbons (Fsp3) is 0.167. The molecule has 0 aliphatic carbocycles. The molecule has 1 aromatic carbocycles. The van der Waals surface area contributed by atoms with E-state index >= 15 is 0 Å². The summed E-state index contributed by atoms with van der Waals surface area (Å²) in [5.41, 5.74) is 3.42. The fourth-order valence-electron chi connectivity index (χ4n) is 2.96. The van der Waals surface area contributed by atoms with Crippen LogP contribution in [0, 0.1) is 6.92 Å². The molecule has 26 heavy (non-hydrogen) atoms. The average molecular weight is 388 g/mol. The van der Waals surface area contributed by atoms with Crippen LogP contribution in [0.2, 0.25) is 10.0 Å². The molecule has 3 aromatic heterocycles. The van der Waals surface area contributed by atoms with Crippen LogP contribution in [0.5, 0.6) is 0 Å². The summed E-state index contributed by atoms with van der Waals surface area (Å²) in [5, 5.41) is 3.75. The van der Waals surface area contributed by atoms with Crippen LogP contribution in [0.3, 0.4) is 0 Å². The number of H-pyrrole nitrogens is 1. The number of imidazole rings is 2. The third kappa shape index (κ3) is 3.02. The highest BCUT2D eigenvalue weighted by Gasteiger charge is 2.18. The van der Waals surface area contributed by atoms with Crippen LogP contribution in [0.4, 0.5) is 0 Å². The monoisotopic (exact) mass is 387 g/mol. The molecule has 0 radical (unpaired) electrons. The van der Waals surface area contributed by atoms with Crippen molar-refractivity contribution in [2.24, 2.45) is 0 Å². The zero-order chi connectivity index (χ0) is 18.3. The molecule has 0 saturated carbocycles. The SMILES string of the molecule is Cc1nc2c(Cl)cc(Cl)cn2c1C(=O)NCCc1nc2ccccc2[nH]1. The topological polar surface area (TPSA) is 75.1 Å². The summed E-state index contributed by atoms with van der Waals surface area (Å²) < 4.78 is 1.62. The quantitative estimate of drug-likeness (QED) is 0.559. The highest BCUT2D eigenvalue weighted by Crippen LogP contribution is 2.24. The zero-order valence-electron chi connectivity index (χ0n) is 13.9. The summed E-state index contributed by atoms with van der Waals surface area (Å²) in [6.45, 7) is 2.21. The van der Waals surface area contributed by atoms with E-state index in [0.29, 0.717) is 40.0 Å². The Labute approximate surface area is 159 Å². The normalized spacial score (nSPS) is 11.3. The van der Waals surface area contributed by atoms with Crippen LogP contribution >= 0.6 is 23.2 Å². The first-order valence-electron chi connectivity index (χ1n) is 8.08. The van der Waals surface area contributed by atoms with Gasteiger partial charge >= 0.3 is 0 Å². The van der Waals surface area contributed by atoms with Crippen LogP contribution < -0.4 is 5.32 Å². The molecule has 0 fully saturated rings. The van der Waals surface area contributed by atoms with E-state index in [9.17, 15) is 4.79 Å². The van der Waals surface area contributed by atoms with Gasteiger partial charge in [0.1, 0.15) is 11.5 Å². The summed E-state index contributed by atoms with van der Waals surface area (Å²) in [5.74, 6) is 0.594. The maximum atomic E-state index is 12.6. The van der Waals surface area contributed by atoms with Gasteiger partial charge in [-0.05, 0) is 25.1 Å². The molecular weight excluding hydrogens is 373 g/mol. The number of fused-ring (bicyclic) bond motifs is 2. The highest BCUT2D eigenvalue weighted by molar-refractivity contribution is 6.36. The third-order valence-corrected chi connectivity index (χ3v) is 4.60. The van der Waals surface area contributed by atoms with E-state index in [1.54, 1.807) is 23.6 Å². The van der Waals surface area contributed by atoms with Gasteiger partial charge in [0.15, 0.2) is 5.65 Å². The number of carbonyl (C=O) groups excluding carboxylic acids is 1. The number of hydrogen-bond donors (Lipinski definition) is 2. The predicted molar refractivity (Wildman–Crippen MR) is 102 cm³/mol. The first-order chi connectivity index (χ1) is 12.5. The summed E-state index contributed by atoms with van der Waals surface area (Å²) in [6.07, 6.45) is 2.23. The number of pyridine rings is 1. The van der Waals surface area contributed by atoms with Gasteiger partial charge in [-0.2, -0.15) is 0 Å². The number of para-hydroxylation sites is 2. The Morgan fingerprint density at radius 1 is 1.27 bits per heavy atom. The van der Waals surface area contributed by atoms with Crippen molar-refractivity contribution in [2.45, 2.75) is 13.3 Å². The summed E-state index contributed by atoms with van der Waals surface area (Å²) >= 11 is 12.2. The molecule has 0 aliphatic heterocycles. The van der Waals surface area contributed by atoms with E-state index in [2.05, 4.69) is 20.3 Å². The zero-order valence-corrected chi connectivity index (χ0v) is 15.4. The molecule has 0 saturated heterocycles. The molecule has 4 aromatic rings. The molecule has 8 heteroatoms.